The van der Waals surface area contributed by atoms with Gasteiger partial charge in [0.25, 0.3) is 0 Å². The Hall–Kier alpha value is -2.24. The molecule has 5 nitrogen and oxygen atoms in total. The molecule has 0 fully saturated rings. The fourth-order valence-corrected chi connectivity index (χ4v) is 2.68. The molecule has 0 heterocycles. The van der Waals surface area contributed by atoms with E-state index in [1.54, 1.807) is 36.1 Å². The zero-order chi connectivity index (χ0) is 18.6. The van der Waals surface area contributed by atoms with Crippen molar-refractivity contribution in [3.8, 4) is 5.75 Å². The monoisotopic (exact) mass is 381 g/mol. The number of halogens is 2. The minimum absolute atomic E-state index is 0.0321. The van der Waals surface area contributed by atoms with Gasteiger partial charge in [-0.25, -0.2) is 4.79 Å². The Kier molecular flexibility index (Phi) is 6.28. The number of carbonyl (C=O) groups excluding carboxylic acids is 1. The van der Waals surface area contributed by atoms with Crippen LogP contribution < -0.4 is 9.64 Å². The van der Waals surface area contributed by atoms with Crippen LogP contribution in [0.5, 0.6) is 5.75 Å². The van der Waals surface area contributed by atoms with E-state index in [0.29, 0.717) is 22.2 Å². The first kappa shape index (κ1) is 19.1. The first-order valence-corrected chi connectivity index (χ1v) is 8.28. The Morgan fingerprint density at radius 3 is 2.40 bits per heavy atom. The molecule has 0 spiro atoms. The summed E-state index contributed by atoms with van der Waals surface area (Å²) in [6.07, 6.45) is 0.296. The molecule has 0 aliphatic rings. The third-order valence-electron chi connectivity index (χ3n) is 3.66. The van der Waals surface area contributed by atoms with Crippen LogP contribution in [-0.4, -0.2) is 24.1 Å². The lowest BCUT2D eigenvalue weighted by molar-refractivity contribution is -0.118. The molecule has 2 aromatic carbocycles. The maximum Gasteiger partial charge on any atom is 0.339 e. The number of hydrogen-bond donors (Lipinski definition) is 1. The van der Waals surface area contributed by atoms with E-state index in [-0.39, 0.29) is 23.8 Å². The van der Waals surface area contributed by atoms with Crippen LogP contribution in [0.4, 0.5) is 5.69 Å². The zero-order valence-corrected chi connectivity index (χ0v) is 15.3. The molecule has 7 heteroatoms. The first-order chi connectivity index (χ1) is 11.9. The van der Waals surface area contributed by atoms with Gasteiger partial charge in [0.05, 0.1) is 23.7 Å². The number of ether oxygens (including phenoxy) is 1. The second-order valence-electron chi connectivity index (χ2n) is 5.27. The number of nitrogens with zero attached hydrogens (tertiary/aromatic N) is 1. The van der Waals surface area contributed by atoms with Crippen LogP contribution in [0.15, 0.2) is 36.4 Å². The number of anilines is 1. The molecule has 0 aromatic heterocycles. The Morgan fingerprint density at radius 1 is 1.12 bits per heavy atom. The average Bonchev–Trinajstić information content (AvgIpc) is 2.61. The van der Waals surface area contributed by atoms with Gasteiger partial charge < -0.3 is 14.7 Å². The molecule has 132 valence electrons. The molecular weight excluding hydrogens is 365 g/mol. The van der Waals surface area contributed by atoms with Gasteiger partial charge in [-0.2, -0.15) is 0 Å². The topological polar surface area (TPSA) is 66.8 Å². The second kappa shape index (κ2) is 8.23. The number of aromatic carboxylic acids is 1. The summed E-state index contributed by atoms with van der Waals surface area (Å²) in [6, 6.07) is 9.69. The lowest BCUT2D eigenvalue weighted by Crippen LogP contribution is -2.29. The van der Waals surface area contributed by atoms with Gasteiger partial charge in [0.15, 0.2) is 0 Å². The predicted molar refractivity (Wildman–Crippen MR) is 97.9 cm³/mol. The normalized spacial score (nSPS) is 10.4. The van der Waals surface area contributed by atoms with E-state index in [1.165, 1.54) is 19.2 Å². The number of carboxylic acid groups (broad SMARTS) is 1. The number of carboxylic acids is 1. The summed E-state index contributed by atoms with van der Waals surface area (Å²) in [5.74, 6) is -1.02. The molecule has 0 saturated carbocycles. The van der Waals surface area contributed by atoms with Gasteiger partial charge in [-0.1, -0.05) is 36.2 Å². The molecule has 2 rings (SSSR count). The summed E-state index contributed by atoms with van der Waals surface area (Å²) in [4.78, 5) is 25.2. The number of benzene rings is 2. The summed E-state index contributed by atoms with van der Waals surface area (Å²) in [6.45, 7) is 2.03. The standard InChI is InChI=1S/C18H17Cl2NO4/c1-3-17(22)21(10-11-4-7-14(19)15(20)8-11)12-5-6-13(18(23)24)16(9-12)25-2/h4-9H,3,10H2,1-2H3,(H,23,24). The highest BCUT2D eigenvalue weighted by molar-refractivity contribution is 6.42. The van der Waals surface area contributed by atoms with Crippen molar-refractivity contribution < 1.29 is 19.4 Å². The zero-order valence-electron chi connectivity index (χ0n) is 13.8. The highest BCUT2D eigenvalue weighted by Crippen LogP contribution is 2.29. The Balaban J connectivity index is 2.42. The fourth-order valence-electron chi connectivity index (χ4n) is 2.36. The SMILES string of the molecule is CCC(=O)N(Cc1ccc(Cl)c(Cl)c1)c1ccc(C(=O)O)c(OC)c1. The van der Waals surface area contributed by atoms with Gasteiger partial charge in [-0.05, 0) is 29.8 Å². The lowest BCUT2D eigenvalue weighted by atomic mass is 10.1. The maximum absolute atomic E-state index is 12.4. The Morgan fingerprint density at radius 2 is 1.84 bits per heavy atom. The number of rotatable bonds is 6. The van der Waals surface area contributed by atoms with E-state index in [2.05, 4.69) is 0 Å². The van der Waals surface area contributed by atoms with Crippen LogP contribution in [0.25, 0.3) is 0 Å². The summed E-state index contributed by atoms with van der Waals surface area (Å²) >= 11 is 12.0. The molecule has 0 atom stereocenters. The van der Waals surface area contributed by atoms with Crippen molar-refractivity contribution in [2.24, 2.45) is 0 Å². The molecule has 2 aromatic rings. The van der Waals surface area contributed by atoms with Gasteiger partial charge in [0.1, 0.15) is 11.3 Å². The quantitative estimate of drug-likeness (QED) is 0.790. The van der Waals surface area contributed by atoms with Crippen molar-refractivity contribution >= 4 is 40.8 Å². The van der Waals surface area contributed by atoms with Gasteiger partial charge in [0, 0.05) is 18.2 Å². The van der Waals surface area contributed by atoms with Crippen molar-refractivity contribution in [3.63, 3.8) is 0 Å². The third kappa shape index (κ3) is 4.44. The summed E-state index contributed by atoms with van der Waals surface area (Å²) in [5.41, 5.74) is 1.38. The van der Waals surface area contributed by atoms with E-state index in [0.717, 1.165) is 5.56 Å². The lowest BCUT2D eigenvalue weighted by Gasteiger charge is -2.23. The van der Waals surface area contributed by atoms with E-state index in [9.17, 15) is 14.7 Å². The molecule has 0 aliphatic carbocycles. The van der Waals surface area contributed by atoms with E-state index >= 15 is 0 Å². The first-order valence-electron chi connectivity index (χ1n) is 7.53. The molecule has 1 N–H and O–H groups in total. The number of methoxy groups -OCH3 is 1. The molecular formula is C18H17Cl2NO4. The molecule has 1 amide bonds. The van der Waals surface area contributed by atoms with Crippen LogP contribution in [0.3, 0.4) is 0 Å². The van der Waals surface area contributed by atoms with Gasteiger partial charge in [-0.15, -0.1) is 0 Å². The van der Waals surface area contributed by atoms with Gasteiger partial charge >= 0.3 is 5.97 Å². The molecule has 0 saturated heterocycles. The summed E-state index contributed by atoms with van der Waals surface area (Å²) in [5, 5.41) is 10.0. The molecule has 0 bridgehead atoms. The van der Waals surface area contributed by atoms with Crippen LogP contribution in [0, 0.1) is 0 Å². The molecule has 25 heavy (non-hydrogen) atoms. The number of hydrogen-bond acceptors (Lipinski definition) is 3. The van der Waals surface area contributed by atoms with Crippen molar-refractivity contribution in [2.75, 3.05) is 12.0 Å². The molecule has 0 radical (unpaired) electrons. The Labute approximate surface area is 155 Å². The third-order valence-corrected chi connectivity index (χ3v) is 4.39. The largest absolute Gasteiger partial charge is 0.496 e. The van der Waals surface area contributed by atoms with Crippen molar-refractivity contribution in [2.45, 2.75) is 19.9 Å². The minimum atomic E-state index is -1.10. The fraction of sp³-hybridized carbons (Fsp3) is 0.222. The average molecular weight is 382 g/mol. The van der Waals surface area contributed by atoms with Gasteiger partial charge in [0.2, 0.25) is 5.91 Å². The maximum atomic E-state index is 12.4. The minimum Gasteiger partial charge on any atom is -0.496 e. The highest BCUT2D eigenvalue weighted by atomic mass is 35.5. The van der Waals surface area contributed by atoms with E-state index in [1.807, 2.05) is 0 Å². The van der Waals surface area contributed by atoms with Crippen molar-refractivity contribution in [1.29, 1.82) is 0 Å². The van der Waals surface area contributed by atoms with E-state index < -0.39 is 5.97 Å². The predicted octanol–water partition coefficient (Wildman–Crippen LogP) is 4.64. The number of amides is 1. The Bertz CT molecular complexity index is 808. The smallest absolute Gasteiger partial charge is 0.339 e. The molecule has 0 aliphatic heterocycles. The van der Waals surface area contributed by atoms with Crippen molar-refractivity contribution in [1.82, 2.24) is 0 Å². The van der Waals surface area contributed by atoms with Crippen LogP contribution >= 0.6 is 23.2 Å². The van der Waals surface area contributed by atoms with Crippen LogP contribution in [0.1, 0.15) is 29.3 Å². The van der Waals surface area contributed by atoms with Crippen molar-refractivity contribution in [3.05, 3.63) is 57.6 Å². The van der Waals surface area contributed by atoms with E-state index in [4.69, 9.17) is 27.9 Å². The van der Waals surface area contributed by atoms with Crippen LogP contribution in [0.2, 0.25) is 10.0 Å². The summed E-state index contributed by atoms with van der Waals surface area (Å²) in [7, 11) is 1.39. The van der Waals surface area contributed by atoms with Gasteiger partial charge in [-0.3, -0.25) is 4.79 Å². The highest BCUT2D eigenvalue weighted by Gasteiger charge is 2.19. The number of carbonyl (C=O) groups is 2. The van der Waals surface area contributed by atoms with Crippen LogP contribution in [-0.2, 0) is 11.3 Å². The molecule has 0 unspecified atom stereocenters. The second-order valence-corrected chi connectivity index (χ2v) is 6.09. The summed E-state index contributed by atoms with van der Waals surface area (Å²) < 4.78 is 5.14.